The van der Waals surface area contributed by atoms with Crippen molar-refractivity contribution in [3.8, 4) is 0 Å². The molecule has 3 N–H and O–H groups in total. The van der Waals surface area contributed by atoms with Gasteiger partial charge in [-0.15, -0.1) is 0 Å². The number of urea groups is 1. The van der Waals surface area contributed by atoms with Gasteiger partial charge in [0, 0.05) is 20.2 Å². The number of rotatable bonds is 9. The lowest BCUT2D eigenvalue weighted by Gasteiger charge is -2.21. The molecule has 1 atom stereocenters. The van der Waals surface area contributed by atoms with Gasteiger partial charge in [0.25, 0.3) is 0 Å². The van der Waals surface area contributed by atoms with Gasteiger partial charge in [-0.2, -0.15) is 0 Å². The van der Waals surface area contributed by atoms with Crippen LogP contribution in [-0.2, 0) is 14.3 Å². The van der Waals surface area contributed by atoms with Crippen LogP contribution >= 0.6 is 0 Å². The van der Waals surface area contributed by atoms with Crippen molar-refractivity contribution >= 4 is 17.9 Å². The summed E-state index contributed by atoms with van der Waals surface area (Å²) in [5.74, 6) is -1.96. The fourth-order valence-corrected chi connectivity index (χ4v) is 1.45. The number of ether oxygens (including phenoxy) is 1. The maximum absolute atomic E-state index is 11.6. The van der Waals surface area contributed by atoms with Crippen LogP contribution in [0.25, 0.3) is 0 Å². The van der Waals surface area contributed by atoms with Crippen LogP contribution in [0.2, 0.25) is 0 Å². The summed E-state index contributed by atoms with van der Waals surface area (Å²) >= 11 is 0. The summed E-state index contributed by atoms with van der Waals surface area (Å²) in [6, 6.07) is -0.589. The van der Waals surface area contributed by atoms with Crippen LogP contribution < -0.4 is 10.6 Å². The molecule has 3 amide bonds. The van der Waals surface area contributed by atoms with Crippen molar-refractivity contribution in [3.63, 3.8) is 0 Å². The lowest BCUT2D eigenvalue weighted by molar-refractivity contribution is -0.142. The number of hydrogen-bond acceptors (Lipinski definition) is 5. The third-order valence-electron chi connectivity index (χ3n) is 2.61. The Bertz CT molecular complexity index is 335. The second-order valence-corrected chi connectivity index (χ2v) is 4.36. The lowest BCUT2D eigenvalue weighted by atomic mass is 10.1. The van der Waals surface area contributed by atoms with Gasteiger partial charge >= 0.3 is 12.0 Å². The molecule has 0 radical (unpaired) electrons. The average Bonchev–Trinajstić information content (AvgIpc) is 2.37. The maximum Gasteiger partial charge on any atom is 0.321 e. The smallest absolute Gasteiger partial charge is 0.321 e. The van der Waals surface area contributed by atoms with Crippen LogP contribution in [0.3, 0.4) is 0 Å². The molecule has 0 aliphatic rings. The van der Waals surface area contributed by atoms with Gasteiger partial charge in [-0.3, -0.25) is 19.8 Å². The van der Waals surface area contributed by atoms with E-state index in [4.69, 9.17) is 9.84 Å². The number of amides is 3. The summed E-state index contributed by atoms with van der Waals surface area (Å²) in [4.78, 5) is 35.4. The fourth-order valence-electron chi connectivity index (χ4n) is 1.45. The van der Waals surface area contributed by atoms with Crippen molar-refractivity contribution < 1.29 is 24.2 Å². The minimum atomic E-state index is -0.916. The second-order valence-electron chi connectivity index (χ2n) is 4.36. The molecule has 0 rings (SSSR count). The van der Waals surface area contributed by atoms with Crippen LogP contribution in [0.15, 0.2) is 0 Å². The fraction of sp³-hybridized carbons (Fsp3) is 0.750. The van der Waals surface area contributed by atoms with E-state index in [0.717, 1.165) is 0 Å². The zero-order valence-corrected chi connectivity index (χ0v) is 12.1. The molecule has 0 bridgehead atoms. The van der Waals surface area contributed by atoms with E-state index in [1.807, 2.05) is 6.92 Å². The van der Waals surface area contributed by atoms with Crippen molar-refractivity contribution in [2.75, 3.05) is 39.9 Å². The van der Waals surface area contributed by atoms with Crippen LogP contribution in [-0.4, -0.2) is 67.8 Å². The zero-order valence-electron chi connectivity index (χ0n) is 12.1. The first kappa shape index (κ1) is 18.3. The number of carbonyl (C=O) groups excluding carboxylic acids is 2. The number of carboxylic acids is 1. The van der Waals surface area contributed by atoms with Crippen LogP contribution in [0.4, 0.5) is 4.79 Å². The van der Waals surface area contributed by atoms with E-state index >= 15 is 0 Å². The van der Waals surface area contributed by atoms with Gasteiger partial charge in [0.1, 0.15) is 0 Å². The zero-order chi connectivity index (χ0) is 15.5. The molecule has 0 saturated heterocycles. The Kier molecular flexibility index (Phi) is 9.31. The molecule has 0 aliphatic carbocycles. The topological polar surface area (TPSA) is 108 Å². The SMILES string of the molecule is CCN(CC(=O)NC(=O)NCCOC)CC(C)C(=O)O. The summed E-state index contributed by atoms with van der Waals surface area (Å²) in [5.41, 5.74) is 0. The maximum atomic E-state index is 11.6. The molecule has 0 fully saturated rings. The molecule has 1 unspecified atom stereocenters. The molecule has 0 saturated carbocycles. The van der Waals surface area contributed by atoms with Gasteiger partial charge in [0.2, 0.25) is 5.91 Å². The molecule has 0 aromatic rings. The predicted molar refractivity (Wildman–Crippen MR) is 72.3 cm³/mol. The highest BCUT2D eigenvalue weighted by Crippen LogP contribution is 1.99. The third kappa shape index (κ3) is 8.44. The number of aliphatic carboxylic acids is 1. The third-order valence-corrected chi connectivity index (χ3v) is 2.61. The first-order valence-electron chi connectivity index (χ1n) is 6.42. The Hall–Kier alpha value is -1.67. The minimum absolute atomic E-state index is 0.0220. The van der Waals surface area contributed by atoms with Gasteiger partial charge in [-0.25, -0.2) is 4.79 Å². The van der Waals surface area contributed by atoms with Crippen molar-refractivity contribution in [2.24, 2.45) is 5.92 Å². The Morgan fingerprint density at radius 2 is 2.00 bits per heavy atom. The van der Waals surface area contributed by atoms with Gasteiger partial charge in [0.15, 0.2) is 0 Å². The van der Waals surface area contributed by atoms with Crippen LogP contribution in [0.5, 0.6) is 0 Å². The molecule has 0 aromatic carbocycles. The molecule has 8 heteroatoms. The lowest BCUT2D eigenvalue weighted by Crippen LogP contribution is -2.46. The quantitative estimate of drug-likeness (QED) is 0.494. The highest BCUT2D eigenvalue weighted by atomic mass is 16.5. The number of imide groups is 1. The van der Waals surface area contributed by atoms with E-state index < -0.39 is 23.8 Å². The first-order chi connectivity index (χ1) is 9.40. The molecule has 20 heavy (non-hydrogen) atoms. The number of hydrogen-bond donors (Lipinski definition) is 3. The van der Waals surface area contributed by atoms with Crippen LogP contribution in [0, 0.1) is 5.92 Å². The number of carbonyl (C=O) groups is 3. The summed E-state index contributed by atoms with van der Waals surface area (Å²) in [6.45, 7) is 4.82. The van der Waals surface area contributed by atoms with Crippen molar-refractivity contribution in [3.05, 3.63) is 0 Å². The van der Waals surface area contributed by atoms with Crippen molar-refractivity contribution in [1.29, 1.82) is 0 Å². The Morgan fingerprint density at radius 1 is 1.35 bits per heavy atom. The van der Waals surface area contributed by atoms with E-state index in [1.54, 1.807) is 11.8 Å². The molecule has 0 heterocycles. The molecule has 116 valence electrons. The number of likely N-dealkylation sites (N-methyl/N-ethyl adjacent to an activating group) is 1. The molecule has 8 nitrogen and oxygen atoms in total. The minimum Gasteiger partial charge on any atom is -0.481 e. The van der Waals surface area contributed by atoms with Crippen molar-refractivity contribution in [2.45, 2.75) is 13.8 Å². The Balaban J connectivity index is 4.08. The largest absolute Gasteiger partial charge is 0.481 e. The summed E-state index contributed by atoms with van der Waals surface area (Å²) < 4.78 is 4.75. The van der Waals surface area contributed by atoms with Gasteiger partial charge in [-0.05, 0) is 6.54 Å². The molecule has 0 aliphatic heterocycles. The number of carboxylic acid groups (broad SMARTS) is 1. The Morgan fingerprint density at radius 3 is 2.50 bits per heavy atom. The van der Waals surface area contributed by atoms with Gasteiger partial charge < -0.3 is 15.2 Å². The number of methoxy groups -OCH3 is 1. The molecular formula is C12H23N3O5. The van der Waals surface area contributed by atoms with Gasteiger partial charge in [0.05, 0.1) is 19.1 Å². The highest BCUT2D eigenvalue weighted by Gasteiger charge is 2.18. The van der Waals surface area contributed by atoms with E-state index in [9.17, 15) is 14.4 Å². The predicted octanol–water partition coefficient (Wildman–Crippen LogP) is -0.499. The summed E-state index contributed by atoms with van der Waals surface area (Å²) in [5, 5.41) is 13.5. The summed E-state index contributed by atoms with van der Waals surface area (Å²) in [7, 11) is 1.51. The normalized spacial score (nSPS) is 12.0. The number of nitrogens with one attached hydrogen (secondary N) is 2. The standard InChI is InChI=1S/C12H23N3O5/c1-4-15(7-9(2)11(17)18)8-10(16)14-12(19)13-5-6-20-3/h9H,4-8H2,1-3H3,(H,17,18)(H2,13,14,16,19). The van der Waals surface area contributed by atoms with Gasteiger partial charge in [-0.1, -0.05) is 13.8 Å². The van der Waals surface area contributed by atoms with E-state index in [-0.39, 0.29) is 13.1 Å². The van der Waals surface area contributed by atoms with E-state index in [2.05, 4.69) is 10.6 Å². The second kappa shape index (κ2) is 10.2. The number of nitrogens with zero attached hydrogens (tertiary/aromatic N) is 1. The molecular weight excluding hydrogens is 266 g/mol. The summed E-state index contributed by atoms with van der Waals surface area (Å²) in [6.07, 6.45) is 0. The Labute approximate surface area is 118 Å². The van der Waals surface area contributed by atoms with Crippen LogP contribution in [0.1, 0.15) is 13.8 Å². The van der Waals surface area contributed by atoms with E-state index in [0.29, 0.717) is 19.7 Å². The molecule has 0 spiro atoms. The van der Waals surface area contributed by atoms with E-state index in [1.165, 1.54) is 7.11 Å². The van der Waals surface area contributed by atoms with Crippen molar-refractivity contribution in [1.82, 2.24) is 15.5 Å². The molecule has 0 aromatic heterocycles. The monoisotopic (exact) mass is 289 g/mol. The average molecular weight is 289 g/mol. The highest BCUT2D eigenvalue weighted by molar-refractivity contribution is 5.95. The first-order valence-corrected chi connectivity index (χ1v) is 6.42.